The van der Waals surface area contributed by atoms with E-state index < -0.39 is 6.04 Å². The van der Waals surface area contributed by atoms with Gasteiger partial charge in [0.25, 0.3) is 5.91 Å². The number of nitrogens with one attached hydrogen (secondary N) is 2. The third-order valence-electron chi connectivity index (χ3n) is 4.20. The summed E-state index contributed by atoms with van der Waals surface area (Å²) in [6.45, 7) is 3.91. The van der Waals surface area contributed by atoms with E-state index in [1.807, 2.05) is 50.2 Å². The second kappa shape index (κ2) is 7.32. The molecule has 0 saturated carbocycles. The van der Waals surface area contributed by atoms with E-state index in [1.54, 1.807) is 28.8 Å². The van der Waals surface area contributed by atoms with Gasteiger partial charge in [0.15, 0.2) is 0 Å². The Balaban J connectivity index is 1.75. The smallest absolute Gasteiger partial charge is 0.256 e. The normalized spacial score (nSPS) is 16.0. The highest BCUT2D eigenvalue weighted by Crippen LogP contribution is 2.36. The van der Waals surface area contributed by atoms with Gasteiger partial charge in [0.1, 0.15) is 11.8 Å². The van der Waals surface area contributed by atoms with Gasteiger partial charge in [-0.15, -0.1) is 5.10 Å². The predicted molar refractivity (Wildman–Crippen MR) is 105 cm³/mol. The molecule has 7 nitrogen and oxygen atoms in total. The van der Waals surface area contributed by atoms with Gasteiger partial charge in [0, 0.05) is 11.4 Å². The third-order valence-corrected chi connectivity index (χ3v) is 4.92. The largest absolute Gasteiger partial charge is 0.467 e. The van der Waals surface area contributed by atoms with E-state index >= 15 is 0 Å². The molecule has 1 aliphatic heterocycles. The fourth-order valence-electron chi connectivity index (χ4n) is 3.05. The van der Waals surface area contributed by atoms with Crippen molar-refractivity contribution < 1.29 is 9.21 Å². The molecule has 1 amide bonds. The monoisotopic (exact) mass is 381 g/mol. The van der Waals surface area contributed by atoms with Crippen LogP contribution in [0.3, 0.4) is 0 Å². The first-order valence-corrected chi connectivity index (χ1v) is 9.63. The van der Waals surface area contributed by atoms with Crippen LogP contribution in [0.25, 0.3) is 0 Å². The molecule has 8 heteroatoms. The van der Waals surface area contributed by atoms with Crippen LogP contribution in [0.4, 0.5) is 11.6 Å². The van der Waals surface area contributed by atoms with E-state index in [-0.39, 0.29) is 5.91 Å². The fraction of sp³-hybridized carbons (Fsp3) is 0.211. The van der Waals surface area contributed by atoms with Gasteiger partial charge >= 0.3 is 0 Å². The number of anilines is 2. The maximum atomic E-state index is 13.1. The molecular formula is C19H19N5O2S. The topological polar surface area (TPSA) is 85.0 Å². The highest BCUT2D eigenvalue weighted by molar-refractivity contribution is 7.99. The molecule has 0 fully saturated rings. The summed E-state index contributed by atoms with van der Waals surface area (Å²) in [5, 5.41) is 11.4. The zero-order valence-corrected chi connectivity index (χ0v) is 15.8. The lowest BCUT2D eigenvalue weighted by atomic mass is 10.00. The maximum Gasteiger partial charge on any atom is 0.256 e. The van der Waals surface area contributed by atoms with Crippen molar-refractivity contribution in [3.63, 3.8) is 0 Å². The van der Waals surface area contributed by atoms with Crippen molar-refractivity contribution in [2.24, 2.45) is 0 Å². The Morgan fingerprint density at radius 3 is 2.81 bits per heavy atom. The summed E-state index contributed by atoms with van der Waals surface area (Å²) in [7, 11) is 0. The molecule has 138 valence electrons. The first-order valence-electron chi connectivity index (χ1n) is 8.64. The van der Waals surface area contributed by atoms with Gasteiger partial charge in [-0.3, -0.25) is 4.79 Å². The molecule has 3 heterocycles. The third kappa shape index (κ3) is 3.35. The van der Waals surface area contributed by atoms with Crippen LogP contribution in [0.15, 0.2) is 69.6 Å². The molecule has 0 aliphatic carbocycles. The lowest BCUT2D eigenvalue weighted by Crippen LogP contribution is -2.31. The number of thioether (sulfide) groups is 1. The molecule has 0 saturated heterocycles. The number of fused-ring (bicyclic) bond motifs is 1. The van der Waals surface area contributed by atoms with Gasteiger partial charge in [0.2, 0.25) is 11.1 Å². The number of nitrogens with zero attached hydrogens (tertiary/aromatic N) is 3. The van der Waals surface area contributed by atoms with Crippen molar-refractivity contribution in [1.29, 1.82) is 0 Å². The van der Waals surface area contributed by atoms with Crippen LogP contribution in [-0.2, 0) is 4.79 Å². The van der Waals surface area contributed by atoms with E-state index in [0.29, 0.717) is 22.4 Å². The first-order chi connectivity index (χ1) is 13.2. The summed E-state index contributed by atoms with van der Waals surface area (Å²) < 4.78 is 7.35. The summed E-state index contributed by atoms with van der Waals surface area (Å²) in [5.41, 5.74) is 1.99. The molecular weight excluding hydrogens is 362 g/mol. The number of allylic oxidation sites excluding steroid dienone is 1. The number of hydrogen-bond donors (Lipinski definition) is 2. The number of amides is 1. The number of aromatic nitrogens is 3. The number of hydrogen-bond acceptors (Lipinski definition) is 6. The Morgan fingerprint density at radius 1 is 1.30 bits per heavy atom. The van der Waals surface area contributed by atoms with Gasteiger partial charge in [-0.05, 0) is 36.9 Å². The van der Waals surface area contributed by atoms with E-state index in [9.17, 15) is 4.79 Å². The second-order valence-electron chi connectivity index (χ2n) is 6.00. The van der Waals surface area contributed by atoms with Crippen LogP contribution < -0.4 is 10.6 Å². The summed E-state index contributed by atoms with van der Waals surface area (Å²) in [4.78, 5) is 17.6. The molecule has 0 bridgehead atoms. The van der Waals surface area contributed by atoms with Crippen LogP contribution in [0.5, 0.6) is 0 Å². The van der Waals surface area contributed by atoms with E-state index in [1.165, 1.54) is 0 Å². The van der Waals surface area contributed by atoms with Gasteiger partial charge in [0.05, 0.1) is 11.8 Å². The Kier molecular flexibility index (Phi) is 4.72. The van der Waals surface area contributed by atoms with Crippen molar-refractivity contribution in [3.05, 3.63) is 65.8 Å². The Hall–Kier alpha value is -3.00. The SMILES string of the molecule is CCSc1nc2n(n1)C(c1ccco1)C(C(=O)Nc1ccccc1)=C(C)N2. The van der Waals surface area contributed by atoms with E-state index in [4.69, 9.17) is 4.42 Å². The fourth-order valence-corrected chi connectivity index (χ4v) is 3.60. The van der Waals surface area contributed by atoms with Gasteiger partial charge in [-0.1, -0.05) is 36.9 Å². The molecule has 2 aromatic heterocycles. The van der Waals surface area contributed by atoms with Gasteiger partial charge in [-0.2, -0.15) is 4.98 Å². The number of carbonyl (C=O) groups excluding carboxylic acids is 1. The Morgan fingerprint density at radius 2 is 2.11 bits per heavy atom. The average molecular weight is 381 g/mol. The molecule has 3 aromatic rings. The molecule has 1 aromatic carbocycles. The number of furan rings is 1. The van der Waals surface area contributed by atoms with Crippen molar-refractivity contribution in [2.75, 3.05) is 16.4 Å². The molecule has 0 radical (unpaired) electrons. The molecule has 0 spiro atoms. The van der Waals surface area contributed by atoms with Crippen LogP contribution in [0.1, 0.15) is 25.6 Å². The summed E-state index contributed by atoms with van der Waals surface area (Å²) in [5.74, 6) is 1.88. The summed E-state index contributed by atoms with van der Waals surface area (Å²) in [6.07, 6.45) is 1.59. The lowest BCUT2D eigenvalue weighted by molar-refractivity contribution is -0.113. The molecule has 27 heavy (non-hydrogen) atoms. The number of carbonyl (C=O) groups is 1. The second-order valence-corrected chi connectivity index (χ2v) is 7.23. The van der Waals surface area contributed by atoms with Crippen molar-refractivity contribution in [3.8, 4) is 0 Å². The first kappa shape index (κ1) is 17.4. The molecule has 2 N–H and O–H groups in total. The minimum Gasteiger partial charge on any atom is -0.467 e. The maximum absolute atomic E-state index is 13.1. The zero-order valence-electron chi connectivity index (χ0n) is 15.0. The Bertz CT molecular complexity index is 979. The van der Waals surface area contributed by atoms with Crippen LogP contribution >= 0.6 is 11.8 Å². The minimum atomic E-state index is -0.487. The van der Waals surface area contributed by atoms with Gasteiger partial charge in [-0.25, -0.2) is 4.68 Å². The van der Waals surface area contributed by atoms with Crippen molar-refractivity contribution in [1.82, 2.24) is 14.8 Å². The number of para-hydroxylation sites is 1. The lowest BCUT2D eigenvalue weighted by Gasteiger charge is -2.27. The number of benzene rings is 1. The van der Waals surface area contributed by atoms with E-state index in [0.717, 1.165) is 17.1 Å². The van der Waals surface area contributed by atoms with Crippen LogP contribution in [-0.4, -0.2) is 26.4 Å². The molecule has 1 aliphatic rings. The quantitative estimate of drug-likeness (QED) is 0.652. The standard InChI is InChI=1S/C19H19N5O2S/c1-3-27-19-22-18-20-12(2)15(17(25)21-13-8-5-4-6-9-13)16(24(18)23-19)14-10-7-11-26-14/h4-11,16H,3H2,1-2H3,(H,21,25)(H,20,22,23). The molecule has 4 rings (SSSR count). The predicted octanol–water partition coefficient (Wildman–Crippen LogP) is 3.91. The van der Waals surface area contributed by atoms with Crippen LogP contribution in [0, 0.1) is 0 Å². The highest BCUT2D eigenvalue weighted by Gasteiger charge is 2.36. The highest BCUT2D eigenvalue weighted by atomic mass is 32.2. The Labute approximate surface area is 160 Å². The molecule has 1 unspecified atom stereocenters. The van der Waals surface area contributed by atoms with Gasteiger partial charge < -0.3 is 15.1 Å². The van der Waals surface area contributed by atoms with Crippen molar-refractivity contribution >= 4 is 29.3 Å². The minimum absolute atomic E-state index is 0.210. The van der Waals surface area contributed by atoms with Crippen molar-refractivity contribution in [2.45, 2.75) is 25.0 Å². The number of rotatable bonds is 5. The van der Waals surface area contributed by atoms with E-state index in [2.05, 4.69) is 20.7 Å². The average Bonchev–Trinajstić information content (AvgIpc) is 3.31. The molecule has 1 atom stereocenters. The zero-order chi connectivity index (χ0) is 18.8. The summed E-state index contributed by atoms with van der Waals surface area (Å²) in [6, 6.07) is 12.5. The summed E-state index contributed by atoms with van der Waals surface area (Å²) >= 11 is 1.55. The van der Waals surface area contributed by atoms with Crippen LogP contribution in [0.2, 0.25) is 0 Å².